The van der Waals surface area contributed by atoms with Gasteiger partial charge in [-0.05, 0) is 25.0 Å². The number of nitrogens with one attached hydrogen (secondary N) is 1. The number of anilines is 2. The molecule has 0 heterocycles. The maximum Gasteiger partial charge on any atom is 0.0741 e. The van der Waals surface area contributed by atoms with Gasteiger partial charge in [0.2, 0.25) is 0 Å². The number of nitrogen functional groups attached to an aromatic ring is 1. The van der Waals surface area contributed by atoms with Gasteiger partial charge in [-0.3, -0.25) is 0 Å². The highest BCUT2D eigenvalue weighted by Crippen LogP contribution is 2.24. The summed E-state index contributed by atoms with van der Waals surface area (Å²) in [6.45, 7) is 0. The quantitative estimate of drug-likeness (QED) is 0.648. The largest absolute Gasteiger partial charge is 0.397 e. The highest BCUT2D eigenvalue weighted by molar-refractivity contribution is 5.66. The molecule has 2 rings (SSSR count). The second kappa shape index (κ2) is 4.53. The summed E-state index contributed by atoms with van der Waals surface area (Å²) in [5, 5.41) is 13.1. The Bertz CT molecular complexity index is 327. The zero-order chi connectivity index (χ0) is 10.7. The van der Waals surface area contributed by atoms with E-state index in [-0.39, 0.29) is 12.1 Å². The molecule has 0 amide bonds. The number of aliphatic hydroxyl groups is 1. The van der Waals surface area contributed by atoms with E-state index in [1.54, 1.807) is 0 Å². The van der Waals surface area contributed by atoms with Crippen molar-refractivity contribution in [2.24, 2.45) is 0 Å². The molecule has 3 heteroatoms. The van der Waals surface area contributed by atoms with Crippen LogP contribution in [0.3, 0.4) is 0 Å². The minimum Gasteiger partial charge on any atom is -0.397 e. The lowest BCUT2D eigenvalue weighted by Crippen LogP contribution is -2.36. The van der Waals surface area contributed by atoms with Crippen molar-refractivity contribution in [2.45, 2.75) is 37.8 Å². The molecule has 1 aliphatic carbocycles. The van der Waals surface area contributed by atoms with Crippen LogP contribution < -0.4 is 11.1 Å². The van der Waals surface area contributed by atoms with Gasteiger partial charge in [0.05, 0.1) is 23.5 Å². The Kier molecular flexibility index (Phi) is 3.11. The third-order valence-electron chi connectivity index (χ3n) is 3.03. The van der Waals surface area contributed by atoms with Crippen molar-refractivity contribution in [3.8, 4) is 0 Å². The van der Waals surface area contributed by atoms with Crippen molar-refractivity contribution < 1.29 is 5.11 Å². The van der Waals surface area contributed by atoms with Crippen molar-refractivity contribution in [3.63, 3.8) is 0 Å². The molecule has 1 aromatic rings. The van der Waals surface area contributed by atoms with Crippen molar-refractivity contribution >= 4 is 11.4 Å². The lowest BCUT2D eigenvalue weighted by Gasteiger charge is -2.29. The van der Waals surface area contributed by atoms with Crippen LogP contribution in [-0.2, 0) is 0 Å². The molecule has 1 saturated carbocycles. The summed E-state index contributed by atoms with van der Waals surface area (Å²) >= 11 is 0. The minimum absolute atomic E-state index is 0.156. The molecule has 0 aromatic heterocycles. The van der Waals surface area contributed by atoms with Crippen LogP contribution in [0.2, 0.25) is 0 Å². The van der Waals surface area contributed by atoms with E-state index in [0.29, 0.717) is 0 Å². The molecule has 1 aliphatic rings. The van der Waals surface area contributed by atoms with Gasteiger partial charge in [-0.2, -0.15) is 0 Å². The third-order valence-corrected chi connectivity index (χ3v) is 3.03. The molecule has 4 N–H and O–H groups in total. The number of hydrogen-bond acceptors (Lipinski definition) is 3. The van der Waals surface area contributed by atoms with Gasteiger partial charge in [0, 0.05) is 0 Å². The SMILES string of the molecule is Nc1ccccc1NC1CCCCC1O. The summed E-state index contributed by atoms with van der Waals surface area (Å²) in [4.78, 5) is 0. The van der Waals surface area contributed by atoms with Crippen molar-refractivity contribution in [3.05, 3.63) is 24.3 Å². The van der Waals surface area contributed by atoms with Crippen LogP contribution in [0.4, 0.5) is 11.4 Å². The number of para-hydroxylation sites is 2. The standard InChI is InChI=1S/C12H18N2O/c13-9-5-1-2-6-10(9)14-11-7-3-4-8-12(11)15/h1-2,5-6,11-12,14-15H,3-4,7-8,13H2. The Morgan fingerprint density at radius 2 is 1.93 bits per heavy atom. The minimum atomic E-state index is -0.238. The van der Waals surface area contributed by atoms with Gasteiger partial charge in [-0.15, -0.1) is 0 Å². The van der Waals surface area contributed by atoms with E-state index in [1.165, 1.54) is 6.42 Å². The van der Waals surface area contributed by atoms with Crippen LogP contribution in [0.15, 0.2) is 24.3 Å². The van der Waals surface area contributed by atoms with Crippen LogP contribution >= 0.6 is 0 Å². The second-order valence-corrected chi connectivity index (χ2v) is 4.19. The first-order valence-electron chi connectivity index (χ1n) is 5.56. The van der Waals surface area contributed by atoms with Crippen molar-refractivity contribution in [2.75, 3.05) is 11.1 Å². The predicted molar refractivity (Wildman–Crippen MR) is 62.7 cm³/mol. The molecule has 0 radical (unpaired) electrons. The maximum atomic E-state index is 9.82. The molecule has 0 bridgehead atoms. The number of benzene rings is 1. The molecule has 3 nitrogen and oxygen atoms in total. The Hall–Kier alpha value is -1.22. The summed E-state index contributed by atoms with van der Waals surface area (Å²) in [6, 6.07) is 7.85. The average Bonchev–Trinajstić information content (AvgIpc) is 2.24. The fraction of sp³-hybridized carbons (Fsp3) is 0.500. The van der Waals surface area contributed by atoms with Gasteiger partial charge in [0.1, 0.15) is 0 Å². The number of rotatable bonds is 2. The van der Waals surface area contributed by atoms with Crippen LogP contribution in [-0.4, -0.2) is 17.3 Å². The summed E-state index contributed by atoms with van der Waals surface area (Å²) in [6.07, 6.45) is 3.99. The van der Waals surface area contributed by atoms with Crippen LogP contribution in [0, 0.1) is 0 Å². The smallest absolute Gasteiger partial charge is 0.0741 e. The number of aliphatic hydroxyl groups excluding tert-OH is 1. The van der Waals surface area contributed by atoms with Gasteiger partial charge >= 0.3 is 0 Å². The van der Waals surface area contributed by atoms with Crippen LogP contribution in [0.5, 0.6) is 0 Å². The molecular weight excluding hydrogens is 188 g/mol. The lowest BCUT2D eigenvalue weighted by molar-refractivity contribution is 0.116. The second-order valence-electron chi connectivity index (χ2n) is 4.19. The molecule has 0 spiro atoms. The summed E-state index contributed by atoms with van der Waals surface area (Å²) < 4.78 is 0. The topological polar surface area (TPSA) is 58.3 Å². The molecule has 15 heavy (non-hydrogen) atoms. The Balaban J connectivity index is 2.04. The first-order valence-corrected chi connectivity index (χ1v) is 5.56. The molecule has 1 aromatic carbocycles. The zero-order valence-electron chi connectivity index (χ0n) is 8.82. The molecule has 1 fully saturated rings. The monoisotopic (exact) mass is 206 g/mol. The predicted octanol–water partition coefficient (Wildman–Crippen LogP) is 1.98. The molecule has 0 aliphatic heterocycles. The zero-order valence-corrected chi connectivity index (χ0v) is 8.82. The van der Waals surface area contributed by atoms with Gasteiger partial charge in [0.15, 0.2) is 0 Å². The number of nitrogens with two attached hydrogens (primary N) is 1. The maximum absolute atomic E-state index is 9.82. The molecular formula is C12H18N2O. The van der Waals surface area contributed by atoms with E-state index < -0.39 is 0 Å². The third kappa shape index (κ3) is 2.42. The van der Waals surface area contributed by atoms with Gasteiger partial charge in [-0.25, -0.2) is 0 Å². The van der Waals surface area contributed by atoms with Crippen LogP contribution in [0.1, 0.15) is 25.7 Å². The van der Waals surface area contributed by atoms with E-state index in [1.807, 2.05) is 24.3 Å². The van der Waals surface area contributed by atoms with E-state index in [2.05, 4.69) is 5.32 Å². The first-order chi connectivity index (χ1) is 7.27. The van der Waals surface area contributed by atoms with E-state index in [4.69, 9.17) is 5.73 Å². The average molecular weight is 206 g/mol. The molecule has 0 saturated heterocycles. The van der Waals surface area contributed by atoms with Crippen molar-refractivity contribution in [1.82, 2.24) is 0 Å². The normalized spacial score (nSPS) is 26.2. The van der Waals surface area contributed by atoms with Gasteiger partial charge in [0.25, 0.3) is 0 Å². The van der Waals surface area contributed by atoms with E-state index >= 15 is 0 Å². The van der Waals surface area contributed by atoms with Crippen molar-refractivity contribution in [1.29, 1.82) is 0 Å². The van der Waals surface area contributed by atoms with E-state index in [0.717, 1.165) is 30.6 Å². The fourth-order valence-corrected chi connectivity index (χ4v) is 2.11. The first kappa shape index (κ1) is 10.3. The lowest BCUT2D eigenvalue weighted by atomic mass is 9.92. The molecule has 82 valence electrons. The fourth-order valence-electron chi connectivity index (χ4n) is 2.11. The summed E-state index contributed by atoms with van der Waals surface area (Å²) in [5.41, 5.74) is 7.52. The Labute approximate surface area is 90.3 Å². The van der Waals surface area contributed by atoms with Gasteiger partial charge < -0.3 is 16.2 Å². The van der Waals surface area contributed by atoms with E-state index in [9.17, 15) is 5.11 Å². The van der Waals surface area contributed by atoms with Gasteiger partial charge in [-0.1, -0.05) is 25.0 Å². The van der Waals surface area contributed by atoms with Crippen LogP contribution in [0.25, 0.3) is 0 Å². The summed E-state index contributed by atoms with van der Waals surface area (Å²) in [5.74, 6) is 0. The highest BCUT2D eigenvalue weighted by Gasteiger charge is 2.22. The summed E-state index contributed by atoms with van der Waals surface area (Å²) in [7, 11) is 0. The Morgan fingerprint density at radius 3 is 2.67 bits per heavy atom. The highest BCUT2D eigenvalue weighted by atomic mass is 16.3. The molecule has 2 unspecified atom stereocenters. The number of hydrogen-bond donors (Lipinski definition) is 3. The Morgan fingerprint density at radius 1 is 1.20 bits per heavy atom. The molecule has 2 atom stereocenters.